The van der Waals surface area contributed by atoms with Gasteiger partial charge in [-0.05, 0) is 48.6 Å². The Labute approximate surface area is 174 Å². The lowest BCUT2D eigenvalue weighted by atomic mass is 9.72. The lowest BCUT2D eigenvalue weighted by Gasteiger charge is -2.39. The van der Waals surface area contributed by atoms with Gasteiger partial charge in [-0.15, -0.1) is 13.2 Å². The second-order valence-electron chi connectivity index (χ2n) is 7.45. The molecule has 1 fully saturated rings. The summed E-state index contributed by atoms with van der Waals surface area (Å²) < 4.78 is 46.1. The van der Waals surface area contributed by atoms with Gasteiger partial charge in [0.2, 0.25) is 0 Å². The quantitative estimate of drug-likeness (QED) is 0.546. The van der Waals surface area contributed by atoms with Gasteiger partial charge in [-0.1, -0.05) is 36.4 Å². The topological polar surface area (TPSA) is 68.9 Å². The fourth-order valence-electron chi connectivity index (χ4n) is 3.76. The Morgan fingerprint density at radius 3 is 2.43 bits per heavy atom. The zero-order valence-corrected chi connectivity index (χ0v) is 16.8. The number of nitrogens with two attached hydrogens (primary N) is 1. The molecular formula is C22H26F3N3O2. The summed E-state index contributed by atoms with van der Waals surface area (Å²) in [6.45, 7) is 4.38. The zero-order chi connectivity index (χ0) is 21.6. The van der Waals surface area contributed by atoms with Crippen molar-refractivity contribution in [1.82, 2.24) is 5.32 Å². The second-order valence-corrected chi connectivity index (χ2v) is 7.45. The number of nitrogens with one attached hydrogen (secondary N) is 1. The number of hydrogen-bond donors (Lipinski definition) is 2. The normalized spacial score (nSPS) is 16.9. The van der Waals surface area contributed by atoms with Crippen LogP contribution in [0.25, 0.3) is 0 Å². The molecule has 0 spiro atoms. The van der Waals surface area contributed by atoms with Crippen LogP contribution in [0.15, 0.2) is 53.5 Å². The van der Waals surface area contributed by atoms with E-state index in [1.807, 2.05) is 12.1 Å². The van der Waals surface area contributed by atoms with E-state index in [4.69, 9.17) is 10.5 Å². The van der Waals surface area contributed by atoms with Crippen molar-refractivity contribution in [2.24, 2.45) is 10.7 Å². The fourth-order valence-corrected chi connectivity index (χ4v) is 3.76. The molecule has 0 aliphatic carbocycles. The predicted octanol–water partition coefficient (Wildman–Crippen LogP) is 4.05. The summed E-state index contributed by atoms with van der Waals surface area (Å²) in [4.78, 5) is 4.32. The molecule has 1 aliphatic heterocycles. The number of ether oxygens (including phenoxy) is 2. The molecule has 1 saturated heterocycles. The average molecular weight is 421 g/mol. The Balaban J connectivity index is 1.62. The van der Waals surface area contributed by atoms with Gasteiger partial charge in [0.05, 0.1) is 6.54 Å². The largest absolute Gasteiger partial charge is 0.573 e. The number of guanidine groups is 1. The number of alkyl halides is 3. The summed E-state index contributed by atoms with van der Waals surface area (Å²) in [5.74, 6) is 0.0334. The lowest BCUT2D eigenvalue weighted by Crippen LogP contribution is -2.47. The minimum Gasteiger partial charge on any atom is -0.406 e. The molecule has 0 saturated carbocycles. The predicted molar refractivity (Wildman–Crippen MR) is 109 cm³/mol. The molecule has 2 aromatic rings. The summed E-state index contributed by atoms with van der Waals surface area (Å²) in [6.07, 6.45) is -2.93. The third-order valence-corrected chi connectivity index (χ3v) is 5.36. The minimum atomic E-state index is -4.70. The lowest BCUT2D eigenvalue weighted by molar-refractivity contribution is -0.274. The van der Waals surface area contributed by atoms with Crippen LogP contribution in [0, 0.1) is 6.92 Å². The summed E-state index contributed by atoms with van der Waals surface area (Å²) in [7, 11) is 0. The van der Waals surface area contributed by atoms with Crippen molar-refractivity contribution in [3.8, 4) is 5.75 Å². The Morgan fingerprint density at radius 1 is 1.13 bits per heavy atom. The number of halogens is 3. The molecule has 0 unspecified atom stereocenters. The number of hydrogen-bond acceptors (Lipinski definition) is 3. The molecule has 0 amide bonds. The molecule has 5 nitrogen and oxygen atoms in total. The van der Waals surface area contributed by atoms with E-state index in [0.29, 0.717) is 25.7 Å². The Hall–Kier alpha value is -2.74. The first kappa shape index (κ1) is 22.0. The Kier molecular flexibility index (Phi) is 6.87. The molecule has 0 radical (unpaired) electrons. The van der Waals surface area contributed by atoms with E-state index < -0.39 is 6.36 Å². The Bertz CT molecular complexity index is 861. The van der Waals surface area contributed by atoms with Crippen LogP contribution in [-0.4, -0.2) is 32.1 Å². The zero-order valence-electron chi connectivity index (χ0n) is 16.8. The maximum atomic E-state index is 12.2. The highest BCUT2D eigenvalue weighted by Crippen LogP contribution is 2.36. The van der Waals surface area contributed by atoms with Crippen LogP contribution in [-0.2, 0) is 16.7 Å². The number of aryl methyl sites for hydroxylation is 1. The number of aliphatic imine (C=N–C) groups is 1. The molecule has 3 rings (SSSR count). The maximum absolute atomic E-state index is 12.2. The van der Waals surface area contributed by atoms with Crippen LogP contribution in [0.2, 0.25) is 0 Å². The summed E-state index contributed by atoms with van der Waals surface area (Å²) in [6, 6.07) is 13.9. The molecule has 0 bridgehead atoms. The van der Waals surface area contributed by atoms with E-state index in [-0.39, 0.29) is 17.7 Å². The number of benzene rings is 2. The smallest absolute Gasteiger partial charge is 0.406 e. The van der Waals surface area contributed by atoms with Crippen molar-refractivity contribution < 1.29 is 22.6 Å². The number of nitrogens with zero attached hydrogens (tertiary/aromatic N) is 1. The molecule has 8 heteroatoms. The van der Waals surface area contributed by atoms with Crippen molar-refractivity contribution in [3.63, 3.8) is 0 Å². The van der Waals surface area contributed by atoms with Crippen molar-refractivity contribution in [2.75, 3.05) is 19.8 Å². The summed E-state index contributed by atoms with van der Waals surface area (Å²) in [5, 5.41) is 3.23. The van der Waals surface area contributed by atoms with Crippen LogP contribution < -0.4 is 15.8 Å². The molecule has 2 aromatic carbocycles. The summed E-state index contributed by atoms with van der Waals surface area (Å²) >= 11 is 0. The third-order valence-electron chi connectivity index (χ3n) is 5.36. The van der Waals surface area contributed by atoms with E-state index in [0.717, 1.165) is 18.4 Å². The van der Waals surface area contributed by atoms with Gasteiger partial charge in [0.25, 0.3) is 0 Å². The summed E-state index contributed by atoms with van der Waals surface area (Å²) in [5.41, 5.74) is 9.23. The van der Waals surface area contributed by atoms with Gasteiger partial charge < -0.3 is 20.5 Å². The van der Waals surface area contributed by atoms with Crippen LogP contribution in [0.1, 0.15) is 29.5 Å². The SMILES string of the molecule is Cc1ccccc1C1(CNC(N)=NCc2ccc(OC(F)(F)F)cc2)CCOCC1. The van der Waals surface area contributed by atoms with Gasteiger partial charge in [0, 0.05) is 25.2 Å². The molecule has 162 valence electrons. The highest BCUT2D eigenvalue weighted by molar-refractivity contribution is 5.78. The molecule has 1 heterocycles. The molecule has 0 aromatic heterocycles. The second kappa shape index (κ2) is 9.38. The third kappa shape index (κ3) is 5.89. The average Bonchev–Trinajstić information content (AvgIpc) is 2.72. The van der Waals surface area contributed by atoms with Gasteiger partial charge >= 0.3 is 6.36 Å². The highest BCUT2D eigenvalue weighted by atomic mass is 19.4. The van der Waals surface area contributed by atoms with Gasteiger partial charge in [-0.3, -0.25) is 0 Å². The van der Waals surface area contributed by atoms with E-state index >= 15 is 0 Å². The van der Waals surface area contributed by atoms with Crippen molar-refractivity contribution >= 4 is 5.96 Å². The van der Waals surface area contributed by atoms with Crippen LogP contribution >= 0.6 is 0 Å². The van der Waals surface area contributed by atoms with Gasteiger partial charge in [0.15, 0.2) is 5.96 Å². The van der Waals surface area contributed by atoms with Crippen LogP contribution in [0.4, 0.5) is 13.2 Å². The fraction of sp³-hybridized carbons (Fsp3) is 0.409. The van der Waals surface area contributed by atoms with Crippen molar-refractivity contribution in [1.29, 1.82) is 0 Å². The van der Waals surface area contributed by atoms with Crippen molar-refractivity contribution in [3.05, 3.63) is 65.2 Å². The molecule has 0 atom stereocenters. The van der Waals surface area contributed by atoms with E-state index in [1.54, 1.807) is 0 Å². The molecule has 30 heavy (non-hydrogen) atoms. The molecule has 1 aliphatic rings. The first-order chi connectivity index (χ1) is 14.3. The maximum Gasteiger partial charge on any atom is 0.573 e. The first-order valence-corrected chi connectivity index (χ1v) is 9.80. The standard InChI is InChI=1S/C22H26F3N3O2/c1-16-4-2-3-5-19(16)21(10-12-29-13-11-21)15-28-20(26)27-14-17-6-8-18(9-7-17)30-22(23,24)25/h2-9H,10-15H2,1H3,(H3,26,27,28). The van der Waals surface area contributed by atoms with E-state index in [9.17, 15) is 13.2 Å². The molecular weight excluding hydrogens is 395 g/mol. The highest BCUT2D eigenvalue weighted by Gasteiger charge is 2.35. The van der Waals surface area contributed by atoms with Gasteiger partial charge in [-0.2, -0.15) is 0 Å². The van der Waals surface area contributed by atoms with Crippen LogP contribution in [0.3, 0.4) is 0 Å². The Morgan fingerprint density at radius 2 is 1.80 bits per heavy atom. The van der Waals surface area contributed by atoms with Gasteiger partial charge in [-0.25, -0.2) is 4.99 Å². The number of rotatable bonds is 6. The van der Waals surface area contributed by atoms with Crippen molar-refractivity contribution in [2.45, 2.75) is 38.1 Å². The first-order valence-electron chi connectivity index (χ1n) is 9.80. The molecule has 3 N–H and O–H groups in total. The van der Waals surface area contributed by atoms with Gasteiger partial charge in [0.1, 0.15) is 5.75 Å². The van der Waals surface area contributed by atoms with E-state index in [2.05, 4.69) is 34.1 Å². The monoisotopic (exact) mass is 421 g/mol. The van der Waals surface area contributed by atoms with Crippen LogP contribution in [0.5, 0.6) is 5.75 Å². The van der Waals surface area contributed by atoms with E-state index in [1.165, 1.54) is 35.4 Å². The minimum absolute atomic E-state index is 0.0830.